The second kappa shape index (κ2) is 7.57. The smallest absolute Gasteiger partial charge is 0.309 e. The van der Waals surface area contributed by atoms with Crippen LogP contribution in [-0.4, -0.2) is 56.6 Å². The molecule has 0 saturated carbocycles. The Hall–Kier alpha value is -1.39. The molecular formula is C17H26N2O2. The summed E-state index contributed by atoms with van der Waals surface area (Å²) in [7, 11) is 5.78. The van der Waals surface area contributed by atoms with Gasteiger partial charge in [-0.1, -0.05) is 24.3 Å². The number of hydrogen-bond acceptors (Lipinski definition) is 4. The van der Waals surface area contributed by atoms with Crippen molar-refractivity contribution in [2.75, 3.05) is 40.8 Å². The molecule has 1 unspecified atom stereocenters. The van der Waals surface area contributed by atoms with Crippen LogP contribution < -0.4 is 0 Å². The lowest BCUT2D eigenvalue weighted by Crippen LogP contribution is -2.27. The number of benzene rings is 1. The topological polar surface area (TPSA) is 32.8 Å². The van der Waals surface area contributed by atoms with E-state index < -0.39 is 0 Å². The minimum atomic E-state index is -0.178. The van der Waals surface area contributed by atoms with E-state index in [1.54, 1.807) is 0 Å². The molecule has 0 amide bonds. The fraction of sp³-hybridized carbons (Fsp3) is 0.588. The van der Waals surface area contributed by atoms with Crippen molar-refractivity contribution in [1.29, 1.82) is 0 Å². The number of hydrogen-bond donors (Lipinski definition) is 0. The maximum Gasteiger partial charge on any atom is 0.309 e. The van der Waals surface area contributed by atoms with E-state index in [0.29, 0.717) is 6.42 Å². The molecule has 1 aromatic rings. The van der Waals surface area contributed by atoms with E-state index in [1.807, 2.05) is 18.2 Å². The molecule has 0 N–H and O–H groups in total. The van der Waals surface area contributed by atoms with Crippen LogP contribution in [0.3, 0.4) is 0 Å². The summed E-state index contributed by atoms with van der Waals surface area (Å²) >= 11 is 0. The van der Waals surface area contributed by atoms with Crippen molar-refractivity contribution in [1.82, 2.24) is 9.80 Å². The average molecular weight is 290 g/mol. The van der Waals surface area contributed by atoms with Crippen molar-refractivity contribution in [3.8, 4) is 0 Å². The summed E-state index contributed by atoms with van der Waals surface area (Å²) in [4.78, 5) is 16.2. The molecule has 4 heteroatoms. The van der Waals surface area contributed by atoms with Gasteiger partial charge in [0.05, 0.1) is 13.5 Å². The zero-order chi connectivity index (χ0) is 15.2. The standard InChI is InChI=1S/C17H26N2O2/c1-18-9-8-14(11-18)12-19(2)13-16-7-5-4-6-15(16)10-17(20)21-3/h4-7,14H,8-13H2,1-3H3. The fourth-order valence-corrected chi connectivity index (χ4v) is 3.08. The third-order valence-corrected chi connectivity index (χ3v) is 4.18. The van der Waals surface area contributed by atoms with Crippen molar-refractivity contribution in [3.05, 3.63) is 35.4 Å². The SMILES string of the molecule is COC(=O)Cc1ccccc1CN(C)CC1CCN(C)C1. The second-order valence-corrected chi connectivity index (χ2v) is 6.14. The molecule has 0 bridgehead atoms. The Kier molecular flexibility index (Phi) is 5.76. The Bertz CT molecular complexity index is 476. The van der Waals surface area contributed by atoms with Crippen LogP contribution in [0.15, 0.2) is 24.3 Å². The van der Waals surface area contributed by atoms with Crippen LogP contribution in [0.2, 0.25) is 0 Å². The summed E-state index contributed by atoms with van der Waals surface area (Å²) in [6.07, 6.45) is 1.64. The van der Waals surface area contributed by atoms with Crippen molar-refractivity contribution >= 4 is 5.97 Å². The van der Waals surface area contributed by atoms with E-state index in [1.165, 1.54) is 32.2 Å². The number of ether oxygens (including phenoxy) is 1. The largest absolute Gasteiger partial charge is 0.469 e. The number of esters is 1. The van der Waals surface area contributed by atoms with Gasteiger partial charge in [-0.15, -0.1) is 0 Å². The first-order chi connectivity index (χ1) is 10.1. The van der Waals surface area contributed by atoms with Crippen LogP contribution >= 0.6 is 0 Å². The van der Waals surface area contributed by atoms with Gasteiger partial charge >= 0.3 is 5.97 Å². The molecule has 4 nitrogen and oxygen atoms in total. The van der Waals surface area contributed by atoms with Crippen molar-refractivity contribution in [2.24, 2.45) is 5.92 Å². The van der Waals surface area contributed by atoms with E-state index in [-0.39, 0.29) is 5.97 Å². The number of carbonyl (C=O) groups excluding carboxylic acids is 1. The van der Waals surface area contributed by atoms with Crippen molar-refractivity contribution in [3.63, 3.8) is 0 Å². The van der Waals surface area contributed by atoms with Crippen LogP contribution in [0.1, 0.15) is 17.5 Å². The molecule has 1 atom stereocenters. The highest BCUT2D eigenvalue weighted by Crippen LogP contribution is 2.18. The molecule has 1 fully saturated rings. The first kappa shape index (κ1) is 16.0. The minimum Gasteiger partial charge on any atom is -0.469 e. The summed E-state index contributed by atoms with van der Waals surface area (Å²) in [5.74, 6) is 0.579. The lowest BCUT2D eigenvalue weighted by atomic mass is 10.0. The Morgan fingerprint density at radius 1 is 1.38 bits per heavy atom. The highest BCUT2D eigenvalue weighted by atomic mass is 16.5. The molecule has 1 aromatic carbocycles. The lowest BCUT2D eigenvalue weighted by Gasteiger charge is -2.22. The normalized spacial score (nSPS) is 19.1. The highest BCUT2D eigenvalue weighted by Gasteiger charge is 2.21. The van der Waals surface area contributed by atoms with Crippen LogP contribution in [0.5, 0.6) is 0 Å². The first-order valence-electron chi connectivity index (χ1n) is 7.59. The zero-order valence-electron chi connectivity index (χ0n) is 13.3. The van der Waals surface area contributed by atoms with Gasteiger partial charge in [0.15, 0.2) is 0 Å². The Labute approximate surface area is 127 Å². The summed E-state index contributed by atoms with van der Waals surface area (Å²) < 4.78 is 4.78. The minimum absolute atomic E-state index is 0.178. The third kappa shape index (κ3) is 4.83. The molecule has 0 aliphatic carbocycles. The van der Waals surface area contributed by atoms with Crippen LogP contribution in [0.25, 0.3) is 0 Å². The van der Waals surface area contributed by atoms with Gasteiger partial charge < -0.3 is 14.5 Å². The van der Waals surface area contributed by atoms with Gasteiger partial charge in [0.25, 0.3) is 0 Å². The van der Waals surface area contributed by atoms with Crippen molar-refractivity contribution < 1.29 is 9.53 Å². The number of methoxy groups -OCH3 is 1. The van der Waals surface area contributed by atoms with E-state index in [4.69, 9.17) is 4.74 Å². The Balaban J connectivity index is 1.93. The van der Waals surface area contributed by atoms with Gasteiger partial charge in [-0.2, -0.15) is 0 Å². The van der Waals surface area contributed by atoms with E-state index >= 15 is 0 Å². The van der Waals surface area contributed by atoms with Crippen molar-refractivity contribution in [2.45, 2.75) is 19.4 Å². The predicted octanol–water partition coefficient (Wildman–Crippen LogP) is 1.79. The number of likely N-dealkylation sites (tertiary alicyclic amines) is 1. The van der Waals surface area contributed by atoms with Gasteiger partial charge in [-0.25, -0.2) is 0 Å². The molecule has 1 heterocycles. The first-order valence-corrected chi connectivity index (χ1v) is 7.59. The lowest BCUT2D eigenvalue weighted by molar-refractivity contribution is -0.139. The number of rotatable bonds is 6. The maximum atomic E-state index is 11.5. The Morgan fingerprint density at radius 2 is 2.10 bits per heavy atom. The van der Waals surface area contributed by atoms with E-state index in [2.05, 4.69) is 30.0 Å². The van der Waals surface area contributed by atoms with Crippen LogP contribution in [0, 0.1) is 5.92 Å². The molecule has 116 valence electrons. The average Bonchev–Trinajstić information content (AvgIpc) is 2.86. The predicted molar refractivity (Wildman–Crippen MR) is 84.1 cm³/mol. The molecule has 0 aromatic heterocycles. The molecular weight excluding hydrogens is 264 g/mol. The quantitative estimate of drug-likeness (QED) is 0.748. The van der Waals surface area contributed by atoms with Crippen LogP contribution in [-0.2, 0) is 22.5 Å². The van der Waals surface area contributed by atoms with E-state index in [9.17, 15) is 4.79 Å². The van der Waals surface area contributed by atoms with E-state index in [0.717, 1.165) is 24.6 Å². The maximum absolute atomic E-state index is 11.5. The summed E-state index contributed by atoms with van der Waals surface area (Å²) in [5, 5.41) is 0. The van der Waals surface area contributed by atoms with Crippen LogP contribution in [0.4, 0.5) is 0 Å². The molecule has 2 rings (SSSR count). The number of carbonyl (C=O) groups is 1. The molecule has 21 heavy (non-hydrogen) atoms. The molecule has 0 spiro atoms. The van der Waals surface area contributed by atoms with Gasteiger partial charge in [0.1, 0.15) is 0 Å². The van der Waals surface area contributed by atoms with Gasteiger partial charge in [0.2, 0.25) is 0 Å². The fourth-order valence-electron chi connectivity index (χ4n) is 3.08. The zero-order valence-corrected chi connectivity index (χ0v) is 13.3. The second-order valence-electron chi connectivity index (χ2n) is 6.14. The summed E-state index contributed by atoms with van der Waals surface area (Å²) in [5.41, 5.74) is 2.29. The Morgan fingerprint density at radius 3 is 2.71 bits per heavy atom. The third-order valence-electron chi connectivity index (χ3n) is 4.18. The molecule has 0 radical (unpaired) electrons. The van der Waals surface area contributed by atoms with Gasteiger partial charge in [0, 0.05) is 19.6 Å². The monoisotopic (exact) mass is 290 g/mol. The molecule has 1 aliphatic rings. The molecule has 1 aliphatic heterocycles. The number of nitrogens with zero attached hydrogens (tertiary/aromatic N) is 2. The highest BCUT2D eigenvalue weighted by molar-refractivity contribution is 5.72. The summed E-state index contributed by atoms with van der Waals surface area (Å²) in [6.45, 7) is 4.38. The van der Waals surface area contributed by atoms with Gasteiger partial charge in [-0.05, 0) is 44.1 Å². The molecule has 1 saturated heterocycles. The summed E-state index contributed by atoms with van der Waals surface area (Å²) in [6, 6.07) is 8.14. The van der Waals surface area contributed by atoms with Gasteiger partial charge in [-0.3, -0.25) is 4.79 Å².